The number of nitrogens with one attached hydrogen (secondary N) is 1. The van der Waals surface area contributed by atoms with Crippen LogP contribution in [0.1, 0.15) is 17.3 Å². The summed E-state index contributed by atoms with van der Waals surface area (Å²) in [6, 6.07) is 4.53. The number of halogens is 2. The summed E-state index contributed by atoms with van der Waals surface area (Å²) in [6.07, 6.45) is 0. The van der Waals surface area contributed by atoms with Gasteiger partial charge in [-0.2, -0.15) is 0 Å². The third-order valence-electron chi connectivity index (χ3n) is 2.30. The molecule has 5 nitrogen and oxygen atoms in total. The molecule has 0 aliphatic heterocycles. The molecular weight excluding hydrogens is 277 g/mol. The van der Waals surface area contributed by atoms with Crippen molar-refractivity contribution in [3.05, 3.63) is 28.8 Å². The van der Waals surface area contributed by atoms with E-state index in [0.29, 0.717) is 5.69 Å². The van der Waals surface area contributed by atoms with Gasteiger partial charge in [-0.3, -0.25) is 9.59 Å². The highest BCUT2D eigenvalue weighted by atomic mass is 35.5. The standard InChI is InChI=1S/C11H14ClN3O2.ClH/c1-6(5-13)11(17)15-7-2-3-9(12)8(4-7)10(14)16;/h2-4,6H,5,13H2,1H3,(H2,14,16)(H,15,17);1H. The number of carbonyl (C=O) groups excluding carboxylic acids is 2. The zero-order valence-corrected chi connectivity index (χ0v) is 11.3. The lowest BCUT2D eigenvalue weighted by Crippen LogP contribution is -2.26. The van der Waals surface area contributed by atoms with Crippen molar-refractivity contribution < 1.29 is 9.59 Å². The van der Waals surface area contributed by atoms with E-state index in [-0.39, 0.29) is 41.4 Å². The summed E-state index contributed by atoms with van der Waals surface area (Å²) in [5.41, 5.74) is 11.2. The number of primary amides is 1. The van der Waals surface area contributed by atoms with Gasteiger partial charge in [0.1, 0.15) is 0 Å². The maximum absolute atomic E-state index is 11.6. The smallest absolute Gasteiger partial charge is 0.250 e. The Hall–Kier alpha value is -1.30. The summed E-state index contributed by atoms with van der Waals surface area (Å²) >= 11 is 5.78. The summed E-state index contributed by atoms with van der Waals surface area (Å²) in [6.45, 7) is 1.96. The van der Waals surface area contributed by atoms with E-state index >= 15 is 0 Å². The monoisotopic (exact) mass is 291 g/mol. The van der Waals surface area contributed by atoms with E-state index in [1.54, 1.807) is 13.0 Å². The van der Waals surface area contributed by atoms with Crippen LogP contribution in [0.5, 0.6) is 0 Å². The summed E-state index contributed by atoms with van der Waals surface area (Å²) in [5.74, 6) is -1.16. The first-order valence-electron chi connectivity index (χ1n) is 5.06. The molecule has 18 heavy (non-hydrogen) atoms. The molecule has 0 saturated carbocycles. The lowest BCUT2D eigenvalue weighted by molar-refractivity contribution is -0.119. The maximum Gasteiger partial charge on any atom is 0.250 e. The minimum Gasteiger partial charge on any atom is -0.366 e. The second-order valence-electron chi connectivity index (χ2n) is 3.68. The van der Waals surface area contributed by atoms with Crippen LogP contribution in [0.3, 0.4) is 0 Å². The number of nitrogens with two attached hydrogens (primary N) is 2. The van der Waals surface area contributed by atoms with Gasteiger partial charge in [-0.15, -0.1) is 12.4 Å². The van der Waals surface area contributed by atoms with E-state index in [9.17, 15) is 9.59 Å². The Bertz CT molecular complexity index is 452. The Morgan fingerprint density at radius 3 is 2.56 bits per heavy atom. The van der Waals surface area contributed by atoms with E-state index in [4.69, 9.17) is 23.1 Å². The Kier molecular flexibility index (Phi) is 6.68. The molecule has 1 aromatic carbocycles. The van der Waals surface area contributed by atoms with Crippen molar-refractivity contribution in [2.75, 3.05) is 11.9 Å². The largest absolute Gasteiger partial charge is 0.366 e. The number of carbonyl (C=O) groups is 2. The second-order valence-corrected chi connectivity index (χ2v) is 4.09. The van der Waals surface area contributed by atoms with Gasteiger partial charge in [0.05, 0.1) is 10.6 Å². The molecule has 0 heterocycles. The zero-order valence-electron chi connectivity index (χ0n) is 9.77. The number of anilines is 1. The zero-order chi connectivity index (χ0) is 13.0. The van der Waals surface area contributed by atoms with Crippen molar-refractivity contribution in [1.82, 2.24) is 0 Å². The highest BCUT2D eigenvalue weighted by Crippen LogP contribution is 2.20. The van der Waals surface area contributed by atoms with E-state index in [1.165, 1.54) is 12.1 Å². The van der Waals surface area contributed by atoms with Crippen LogP contribution in [0.25, 0.3) is 0 Å². The molecule has 0 spiro atoms. The fourth-order valence-corrected chi connectivity index (χ4v) is 1.38. The molecule has 0 bridgehead atoms. The van der Waals surface area contributed by atoms with Crippen LogP contribution in [0.2, 0.25) is 5.02 Å². The molecule has 100 valence electrons. The van der Waals surface area contributed by atoms with Gasteiger partial charge in [0.15, 0.2) is 0 Å². The molecule has 0 fully saturated rings. The number of amides is 2. The average Bonchev–Trinajstić information content (AvgIpc) is 2.30. The first-order valence-corrected chi connectivity index (χ1v) is 5.43. The molecule has 0 radical (unpaired) electrons. The topological polar surface area (TPSA) is 98.2 Å². The summed E-state index contributed by atoms with van der Waals surface area (Å²) in [4.78, 5) is 22.6. The van der Waals surface area contributed by atoms with Gasteiger partial charge in [-0.05, 0) is 18.2 Å². The Labute approximate surface area is 116 Å². The molecule has 1 atom stereocenters. The third kappa shape index (κ3) is 4.18. The minimum absolute atomic E-state index is 0. The predicted molar refractivity (Wildman–Crippen MR) is 74.1 cm³/mol. The molecule has 5 N–H and O–H groups in total. The van der Waals surface area contributed by atoms with Gasteiger partial charge in [0.25, 0.3) is 0 Å². The Morgan fingerprint density at radius 2 is 2.06 bits per heavy atom. The van der Waals surface area contributed by atoms with E-state index in [2.05, 4.69) is 5.32 Å². The molecular formula is C11H15Cl2N3O2. The Balaban J connectivity index is 0.00000289. The van der Waals surface area contributed by atoms with E-state index in [1.807, 2.05) is 0 Å². The van der Waals surface area contributed by atoms with Crippen molar-refractivity contribution in [1.29, 1.82) is 0 Å². The predicted octanol–water partition coefficient (Wildman–Crippen LogP) is 1.39. The van der Waals surface area contributed by atoms with Crippen molar-refractivity contribution in [2.45, 2.75) is 6.92 Å². The second kappa shape index (κ2) is 7.20. The van der Waals surface area contributed by atoms with Crippen LogP contribution < -0.4 is 16.8 Å². The number of rotatable bonds is 4. The summed E-state index contributed by atoms with van der Waals surface area (Å²) in [7, 11) is 0. The molecule has 0 saturated heterocycles. The number of hydrogen-bond donors (Lipinski definition) is 3. The van der Waals surface area contributed by atoms with Crippen molar-refractivity contribution >= 4 is 41.5 Å². The van der Waals surface area contributed by atoms with Crippen LogP contribution in [-0.4, -0.2) is 18.4 Å². The van der Waals surface area contributed by atoms with Gasteiger partial charge < -0.3 is 16.8 Å². The average molecular weight is 292 g/mol. The van der Waals surface area contributed by atoms with Gasteiger partial charge in [-0.1, -0.05) is 18.5 Å². The van der Waals surface area contributed by atoms with Crippen molar-refractivity contribution in [3.63, 3.8) is 0 Å². The molecule has 2 amide bonds. The molecule has 1 rings (SSSR count). The number of hydrogen-bond acceptors (Lipinski definition) is 3. The lowest BCUT2D eigenvalue weighted by atomic mass is 10.1. The first-order chi connectivity index (χ1) is 7.95. The molecule has 0 aliphatic carbocycles. The molecule has 1 unspecified atom stereocenters. The molecule has 0 aromatic heterocycles. The third-order valence-corrected chi connectivity index (χ3v) is 2.63. The normalized spacial score (nSPS) is 11.3. The molecule has 0 aliphatic rings. The highest BCUT2D eigenvalue weighted by molar-refractivity contribution is 6.33. The van der Waals surface area contributed by atoms with Crippen LogP contribution in [0.4, 0.5) is 5.69 Å². The quantitative estimate of drug-likeness (QED) is 0.782. The highest BCUT2D eigenvalue weighted by Gasteiger charge is 2.13. The van der Waals surface area contributed by atoms with Gasteiger partial charge in [-0.25, -0.2) is 0 Å². The van der Waals surface area contributed by atoms with Crippen LogP contribution in [0.15, 0.2) is 18.2 Å². The van der Waals surface area contributed by atoms with Gasteiger partial charge >= 0.3 is 0 Å². The van der Waals surface area contributed by atoms with E-state index < -0.39 is 5.91 Å². The van der Waals surface area contributed by atoms with Crippen LogP contribution in [-0.2, 0) is 4.79 Å². The number of benzene rings is 1. The van der Waals surface area contributed by atoms with Crippen molar-refractivity contribution in [2.24, 2.45) is 17.4 Å². The van der Waals surface area contributed by atoms with E-state index in [0.717, 1.165) is 0 Å². The molecule has 1 aromatic rings. The summed E-state index contributed by atoms with van der Waals surface area (Å²) < 4.78 is 0. The van der Waals surface area contributed by atoms with Crippen LogP contribution in [0, 0.1) is 5.92 Å². The molecule has 7 heteroatoms. The van der Waals surface area contributed by atoms with Gasteiger partial charge in [0, 0.05) is 18.2 Å². The van der Waals surface area contributed by atoms with Crippen molar-refractivity contribution in [3.8, 4) is 0 Å². The SMILES string of the molecule is CC(CN)C(=O)Nc1ccc(Cl)c(C(N)=O)c1.Cl. The Morgan fingerprint density at radius 1 is 1.44 bits per heavy atom. The minimum atomic E-state index is -0.641. The lowest BCUT2D eigenvalue weighted by Gasteiger charge is -2.11. The fourth-order valence-electron chi connectivity index (χ4n) is 1.16. The fraction of sp³-hybridized carbons (Fsp3) is 0.273. The first kappa shape index (κ1) is 16.7. The summed E-state index contributed by atoms with van der Waals surface area (Å²) in [5, 5.41) is 2.88. The maximum atomic E-state index is 11.6. The van der Waals surface area contributed by atoms with Crippen LogP contribution >= 0.6 is 24.0 Å². The van der Waals surface area contributed by atoms with Gasteiger partial charge in [0.2, 0.25) is 11.8 Å².